The lowest BCUT2D eigenvalue weighted by molar-refractivity contribution is -0.155. The van der Waals surface area contributed by atoms with Gasteiger partial charge in [0.25, 0.3) is 0 Å². The van der Waals surface area contributed by atoms with Crippen molar-refractivity contribution in [1.82, 2.24) is 5.32 Å². The van der Waals surface area contributed by atoms with Crippen molar-refractivity contribution in [3.63, 3.8) is 0 Å². The molecule has 0 unspecified atom stereocenters. The summed E-state index contributed by atoms with van der Waals surface area (Å²) in [4.78, 5) is 11.8. The van der Waals surface area contributed by atoms with Gasteiger partial charge in [-0.25, -0.2) is 0 Å². The minimum Gasteiger partial charge on any atom is -0.461 e. The minimum atomic E-state index is -0.0852. The summed E-state index contributed by atoms with van der Waals surface area (Å²) in [5.41, 5.74) is 0.493. The molecule has 0 aromatic carbocycles. The summed E-state index contributed by atoms with van der Waals surface area (Å²) in [5, 5.41) is 3.11. The van der Waals surface area contributed by atoms with E-state index in [9.17, 15) is 4.79 Å². The third kappa shape index (κ3) is 2.07. The van der Waals surface area contributed by atoms with E-state index in [4.69, 9.17) is 4.74 Å². The quantitative estimate of drug-likeness (QED) is 0.605. The Balaban J connectivity index is 1.90. The molecule has 18 heavy (non-hydrogen) atoms. The fourth-order valence-electron chi connectivity index (χ4n) is 3.88. The van der Waals surface area contributed by atoms with Gasteiger partial charge in [0.05, 0.1) is 6.54 Å². The van der Waals surface area contributed by atoms with Gasteiger partial charge in [-0.2, -0.15) is 0 Å². The molecule has 2 rings (SSSR count). The summed E-state index contributed by atoms with van der Waals surface area (Å²) in [6.07, 6.45) is 4.73. The Morgan fingerprint density at radius 1 is 1.39 bits per heavy atom. The second-order valence-electron chi connectivity index (χ2n) is 6.77. The maximum absolute atomic E-state index is 11.8. The van der Waals surface area contributed by atoms with E-state index in [0.717, 1.165) is 25.3 Å². The van der Waals surface area contributed by atoms with Crippen LogP contribution >= 0.6 is 0 Å². The summed E-state index contributed by atoms with van der Waals surface area (Å²) in [6.45, 7) is 10.3. The van der Waals surface area contributed by atoms with Crippen LogP contribution in [0.3, 0.4) is 0 Å². The van der Waals surface area contributed by atoms with E-state index in [-0.39, 0.29) is 17.5 Å². The maximum Gasteiger partial charge on any atom is 0.320 e. The summed E-state index contributed by atoms with van der Waals surface area (Å²) in [5.74, 6) is 0.641. The first kappa shape index (κ1) is 13.9. The van der Waals surface area contributed by atoms with Gasteiger partial charge in [-0.15, -0.1) is 0 Å². The molecule has 2 aliphatic carbocycles. The van der Waals surface area contributed by atoms with Crippen molar-refractivity contribution in [2.24, 2.45) is 16.7 Å². The van der Waals surface area contributed by atoms with Crippen LogP contribution in [0.4, 0.5) is 0 Å². The van der Waals surface area contributed by atoms with Crippen LogP contribution in [0.5, 0.6) is 0 Å². The SMILES string of the molecule is CCCNCC(=O)O[C@H]1C[C@@H]2CC[C@@]1(C)C2(C)C. The molecular weight excluding hydrogens is 226 g/mol. The second kappa shape index (κ2) is 4.84. The fraction of sp³-hybridized carbons (Fsp3) is 0.933. The molecule has 104 valence electrons. The van der Waals surface area contributed by atoms with E-state index in [2.05, 4.69) is 33.0 Å². The lowest BCUT2D eigenvalue weighted by Gasteiger charge is -2.38. The summed E-state index contributed by atoms with van der Waals surface area (Å²) >= 11 is 0. The monoisotopic (exact) mass is 253 g/mol. The smallest absolute Gasteiger partial charge is 0.320 e. The molecule has 0 aromatic rings. The van der Waals surface area contributed by atoms with Gasteiger partial charge in [0.1, 0.15) is 6.10 Å². The molecular formula is C15H27NO2. The van der Waals surface area contributed by atoms with Crippen LogP contribution in [0.25, 0.3) is 0 Å². The van der Waals surface area contributed by atoms with Crippen molar-refractivity contribution in [2.75, 3.05) is 13.1 Å². The number of fused-ring (bicyclic) bond motifs is 2. The zero-order valence-corrected chi connectivity index (χ0v) is 12.2. The second-order valence-corrected chi connectivity index (χ2v) is 6.77. The predicted molar refractivity (Wildman–Crippen MR) is 72.3 cm³/mol. The molecule has 1 N–H and O–H groups in total. The Kier molecular flexibility index (Phi) is 3.72. The molecule has 2 bridgehead atoms. The average Bonchev–Trinajstić information content (AvgIpc) is 2.62. The molecule has 0 saturated heterocycles. The van der Waals surface area contributed by atoms with E-state index < -0.39 is 0 Å². The zero-order valence-electron chi connectivity index (χ0n) is 12.2. The number of carbonyl (C=O) groups excluding carboxylic acids is 1. The number of nitrogens with one attached hydrogen (secondary N) is 1. The molecule has 3 nitrogen and oxygen atoms in total. The first-order valence-corrected chi connectivity index (χ1v) is 7.32. The highest BCUT2D eigenvalue weighted by atomic mass is 16.5. The molecule has 0 aromatic heterocycles. The molecule has 2 aliphatic rings. The number of ether oxygens (including phenoxy) is 1. The van der Waals surface area contributed by atoms with Crippen LogP contribution in [-0.4, -0.2) is 25.2 Å². The van der Waals surface area contributed by atoms with Gasteiger partial charge in [0.15, 0.2) is 0 Å². The Morgan fingerprint density at radius 2 is 2.11 bits per heavy atom. The van der Waals surface area contributed by atoms with Gasteiger partial charge in [0, 0.05) is 5.41 Å². The summed E-state index contributed by atoms with van der Waals surface area (Å²) < 4.78 is 5.73. The van der Waals surface area contributed by atoms with Gasteiger partial charge in [0.2, 0.25) is 0 Å². The number of hydrogen-bond acceptors (Lipinski definition) is 3. The molecule has 2 fully saturated rings. The first-order chi connectivity index (χ1) is 8.41. The molecule has 3 heteroatoms. The van der Waals surface area contributed by atoms with E-state index in [0.29, 0.717) is 12.0 Å². The van der Waals surface area contributed by atoms with Crippen molar-refractivity contribution in [2.45, 2.75) is 59.5 Å². The lowest BCUT2D eigenvalue weighted by Crippen LogP contribution is -2.40. The normalized spacial score (nSPS) is 36.9. The van der Waals surface area contributed by atoms with Crippen molar-refractivity contribution in [3.05, 3.63) is 0 Å². The number of carbonyl (C=O) groups is 1. The van der Waals surface area contributed by atoms with Crippen molar-refractivity contribution < 1.29 is 9.53 Å². The number of hydrogen-bond donors (Lipinski definition) is 1. The maximum atomic E-state index is 11.8. The summed E-state index contributed by atoms with van der Waals surface area (Å²) in [7, 11) is 0. The standard InChI is InChI=1S/C15H27NO2/c1-5-8-16-10-13(17)18-12-9-11-6-7-15(12,4)14(11,2)3/h11-12,16H,5-10H2,1-4H3/t11-,12-,15+/m0/s1. The Hall–Kier alpha value is -0.570. The predicted octanol–water partition coefficient (Wildman–Crippen LogP) is 2.74. The van der Waals surface area contributed by atoms with E-state index in [1.165, 1.54) is 12.8 Å². The molecule has 0 aliphatic heterocycles. The molecule has 2 saturated carbocycles. The average molecular weight is 253 g/mol. The largest absolute Gasteiger partial charge is 0.461 e. The van der Waals surface area contributed by atoms with E-state index >= 15 is 0 Å². The third-order valence-corrected chi connectivity index (χ3v) is 5.68. The Labute approximate surface area is 111 Å². The van der Waals surface area contributed by atoms with Crippen LogP contribution in [0, 0.1) is 16.7 Å². The van der Waals surface area contributed by atoms with Crippen LogP contribution in [-0.2, 0) is 9.53 Å². The molecule has 3 atom stereocenters. The van der Waals surface area contributed by atoms with Gasteiger partial charge < -0.3 is 10.1 Å². The summed E-state index contributed by atoms with van der Waals surface area (Å²) in [6, 6.07) is 0. The van der Waals surface area contributed by atoms with Gasteiger partial charge in [-0.1, -0.05) is 27.7 Å². The first-order valence-electron chi connectivity index (χ1n) is 7.32. The van der Waals surface area contributed by atoms with Crippen molar-refractivity contribution in [1.29, 1.82) is 0 Å². The van der Waals surface area contributed by atoms with Crippen LogP contribution in [0.1, 0.15) is 53.4 Å². The highest BCUT2D eigenvalue weighted by Crippen LogP contribution is 2.66. The van der Waals surface area contributed by atoms with Crippen LogP contribution < -0.4 is 5.32 Å². The highest BCUT2D eigenvalue weighted by molar-refractivity contribution is 5.72. The Morgan fingerprint density at radius 3 is 2.61 bits per heavy atom. The minimum absolute atomic E-state index is 0.0852. The van der Waals surface area contributed by atoms with Crippen LogP contribution in [0.15, 0.2) is 0 Å². The molecule has 0 spiro atoms. The van der Waals surface area contributed by atoms with Crippen LogP contribution in [0.2, 0.25) is 0 Å². The zero-order chi connectivity index (χ0) is 13.4. The number of esters is 1. The van der Waals surface area contributed by atoms with Gasteiger partial charge >= 0.3 is 5.97 Å². The van der Waals surface area contributed by atoms with E-state index in [1.54, 1.807) is 0 Å². The molecule has 0 amide bonds. The number of rotatable bonds is 5. The molecule has 0 radical (unpaired) electrons. The Bertz CT molecular complexity index is 326. The lowest BCUT2D eigenvalue weighted by atomic mass is 9.70. The third-order valence-electron chi connectivity index (χ3n) is 5.68. The fourth-order valence-corrected chi connectivity index (χ4v) is 3.88. The topological polar surface area (TPSA) is 38.3 Å². The van der Waals surface area contributed by atoms with Gasteiger partial charge in [-0.3, -0.25) is 4.79 Å². The van der Waals surface area contributed by atoms with Gasteiger partial charge in [-0.05, 0) is 43.6 Å². The molecule has 0 heterocycles. The van der Waals surface area contributed by atoms with Crippen molar-refractivity contribution in [3.8, 4) is 0 Å². The van der Waals surface area contributed by atoms with Crippen molar-refractivity contribution >= 4 is 5.97 Å². The van der Waals surface area contributed by atoms with E-state index in [1.807, 2.05) is 0 Å². The highest BCUT2D eigenvalue weighted by Gasteiger charge is 2.62.